The SMILES string of the molecule is COc1ccc(Cl)cc1CNCCc1ccc(O)cc1. The van der Waals surface area contributed by atoms with Gasteiger partial charge in [-0.3, -0.25) is 0 Å². The van der Waals surface area contributed by atoms with E-state index >= 15 is 0 Å². The molecule has 0 heterocycles. The first-order chi connectivity index (χ1) is 9.69. The summed E-state index contributed by atoms with van der Waals surface area (Å²) >= 11 is 5.99. The molecule has 3 nitrogen and oxygen atoms in total. The zero-order chi connectivity index (χ0) is 14.4. The number of benzene rings is 2. The van der Waals surface area contributed by atoms with Crippen molar-refractivity contribution in [2.24, 2.45) is 0 Å². The molecule has 4 heteroatoms. The summed E-state index contributed by atoms with van der Waals surface area (Å²) in [5, 5.41) is 13.3. The van der Waals surface area contributed by atoms with E-state index in [0.717, 1.165) is 24.3 Å². The third-order valence-corrected chi connectivity index (χ3v) is 3.32. The third-order valence-electron chi connectivity index (χ3n) is 3.08. The molecule has 0 saturated heterocycles. The minimum absolute atomic E-state index is 0.297. The maximum absolute atomic E-state index is 9.22. The number of rotatable bonds is 6. The van der Waals surface area contributed by atoms with Crippen molar-refractivity contribution in [3.63, 3.8) is 0 Å². The van der Waals surface area contributed by atoms with Crippen LogP contribution in [-0.2, 0) is 13.0 Å². The number of phenolic OH excluding ortho intramolecular Hbond substituents is 1. The summed E-state index contributed by atoms with van der Waals surface area (Å²) in [6, 6.07) is 12.9. The maximum atomic E-state index is 9.22. The monoisotopic (exact) mass is 291 g/mol. The van der Waals surface area contributed by atoms with Crippen molar-refractivity contribution in [3.8, 4) is 11.5 Å². The fourth-order valence-electron chi connectivity index (χ4n) is 2.00. The Morgan fingerprint density at radius 2 is 1.90 bits per heavy atom. The van der Waals surface area contributed by atoms with E-state index in [0.29, 0.717) is 17.3 Å². The van der Waals surface area contributed by atoms with Crippen LogP contribution in [0.4, 0.5) is 0 Å². The number of aromatic hydroxyl groups is 1. The molecular weight excluding hydrogens is 274 g/mol. The number of methoxy groups -OCH3 is 1. The van der Waals surface area contributed by atoms with Crippen molar-refractivity contribution in [2.75, 3.05) is 13.7 Å². The molecule has 106 valence electrons. The molecule has 0 aromatic heterocycles. The van der Waals surface area contributed by atoms with Gasteiger partial charge >= 0.3 is 0 Å². The second kappa shape index (κ2) is 7.17. The molecular formula is C16H18ClNO2. The number of halogens is 1. The van der Waals surface area contributed by atoms with Crippen LogP contribution in [0.15, 0.2) is 42.5 Å². The molecule has 2 rings (SSSR count). The highest BCUT2D eigenvalue weighted by atomic mass is 35.5. The number of nitrogens with one attached hydrogen (secondary N) is 1. The van der Waals surface area contributed by atoms with Crippen molar-refractivity contribution in [1.82, 2.24) is 5.32 Å². The van der Waals surface area contributed by atoms with E-state index in [2.05, 4.69) is 5.32 Å². The second-order valence-electron chi connectivity index (χ2n) is 4.55. The molecule has 0 fully saturated rings. The summed E-state index contributed by atoms with van der Waals surface area (Å²) in [4.78, 5) is 0. The summed E-state index contributed by atoms with van der Waals surface area (Å²) in [6.45, 7) is 1.56. The molecule has 0 spiro atoms. The first-order valence-corrected chi connectivity index (χ1v) is 6.88. The lowest BCUT2D eigenvalue weighted by atomic mass is 10.1. The van der Waals surface area contributed by atoms with Gasteiger partial charge in [0.1, 0.15) is 11.5 Å². The standard InChI is InChI=1S/C16H18ClNO2/c1-20-16-7-4-14(17)10-13(16)11-18-9-8-12-2-5-15(19)6-3-12/h2-7,10,18-19H,8-9,11H2,1H3. The van der Waals surface area contributed by atoms with Gasteiger partial charge in [0, 0.05) is 17.1 Å². The van der Waals surface area contributed by atoms with Crippen LogP contribution in [0.5, 0.6) is 11.5 Å². The lowest BCUT2D eigenvalue weighted by molar-refractivity contribution is 0.408. The normalized spacial score (nSPS) is 10.5. The molecule has 2 aromatic carbocycles. The molecule has 20 heavy (non-hydrogen) atoms. The van der Waals surface area contributed by atoms with Crippen LogP contribution in [-0.4, -0.2) is 18.8 Å². The molecule has 0 aliphatic heterocycles. The molecule has 0 atom stereocenters. The van der Waals surface area contributed by atoms with Gasteiger partial charge in [-0.25, -0.2) is 0 Å². The van der Waals surface area contributed by atoms with Crippen molar-refractivity contribution >= 4 is 11.6 Å². The largest absolute Gasteiger partial charge is 0.508 e. The molecule has 0 saturated carbocycles. The van der Waals surface area contributed by atoms with Gasteiger partial charge in [-0.2, -0.15) is 0 Å². The average molecular weight is 292 g/mol. The van der Waals surface area contributed by atoms with E-state index in [1.165, 1.54) is 5.56 Å². The Labute approximate surface area is 124 Å². The Bertz CT molecular complexity index is 555. The van der Waals surface area contributed by atoms with Gasteiger partial charge < -0.3 is 15.2 Å². The van der Waals surface area contributed by atoms with Gasteiger partial charge in [-0.05, 0) is 48.9 Å². The van der Waals surface area contributed by atoms with Crippen LogP contribution in [0.3, 0.4) is 0 Å². The average Bonchev–Trinajstić information content (AvgIpc) is 2.46. The first kappa shape index (κ1) is 14.7. The fraction of sp³-hybridized carbons (Fsp3) is 0.250. The van der Waals surface area contributed by atoms with E-state index in [1.54, 1.807) is 19.2 Å². The number of hydrogen-bond donors (Lipinski definition) is 2. The summed E-state index contributed by atoms with van der Waals surface area (Å²) in [7, 11) is 1.66. The number of hydrogen-bond acceptors (Lipinski definition) is 3. The Balaban J connectivity index is 1.84. The van der Waals surface area contributed by atoms with Crippen molar-refractivity contribution in [1.29, 1.82) is 0 Å². The Hall–Kier alpha value is -1.71. The van der Waals surface area contributed by atoms with Gasteiger partial charge in [0.15, 0.2) is 0 Å². The minimum Gasteiger partial charge on any atom is -0.508 e. The molecule has 0 amide bonds. The van der Waals surface area contributed by atoms with E-state index in [9.17, 15) is 5.11 Å². The minimum atomic E-state index is 0.297. The molecule has 0 bridgehead atoms. The highest BCUT2D eigenvalue weighted by Crippen LogP contribution is 2.22. The lowest BCUT2D eigenvalue weighted by Crippen LogP contribution is -2.17. The number of ether oxygens (including phenoxy) is 1. The van der Waals surface area contributed by atoms with Gasteiger partial charge in [-0.1, -0.05) is 23.7 Å². The van der Waals surface area contributed by atoms with Crippen LogP contribution in [0.25, 0.3) is 0 Å². The molecule has 0 radical (unpaired) electrons. The molecule has 0 unspecified atom stereocenters. The van der Waals surface area contributed by atoms with Crippen molar-refractivity contribution < 1.29 is 9.84 Å². The summed E-state index contributed by atoms with van der Waals surface area (Å²) in [5.41, 5.74) is 2.24. The summed E-state index contributed by atoms with van der Waals surface area (Å²) in [6.07, 6.45) is 0.906. The quantitative estimate of drug-likeness (QED) is 0.802. The van der Waals surface area contributed by atoms with Crippen LogP contribution in [0, 0.1) is 0 Å². The summed E-state index contributed by atoms with van der Waals surface area (Å²) in [5.74, 6) is 1.14. The Kier molecular flexibility index (Phi) is 5.27. The highest BCUT2D eigenvalue weighted by Gasteiger charge is 2.03. The second-order valence-corrected chi connectivity index (χ2v) is 4.99. The predicted octanol–water partition coefficient (Wildman–Crippen LogP) is 3.39. The van der Waals surface area contributed by atoms with Crippen LogP contribution in [0.1, 0.15) is 11.1 Å². The molecule has 2 aromatic rings. The summed E-state index contributed by atoms with van der Waals surface area (Å²) < 4.78 is 5.30. The zero-order valence-electron chi connectivity index (χ0n) is 11.4. The van der Waals surface area contributed by atoms with Crippen LogP contribution < -0.4 is 10.1 Å². The molecule has 2 N–H and O–H groups in total. The van der Waals surface area contributed by atoms with E-state index < -0.39 is 0 Å². The fourth-order valence-corrected chi connectivity index (χ4v) is 2.20. The van der Waals surface area contributed by atoms with Crippen molar-refractivity contribution in [3.05, 3.63) is 58.6 Å². The van der Waals surface area contributed by atoms with Gasteiger partial charge in [0.25, 0.3) is 0 Å². The number of phenols is 1. The zero-order valence-corrected chi connectivity index (χ0v) is 12.2. The lowest BCUT2D eigenvalue weighted by Gasteiger charge is -2.10. The predicted molar refractivity (Wildman–Crippen MR) is 81.5 cm³/mol. The third kappa shape index (κ3) is 4.15. The van der Waals surface area contributed by atoms with Crippen molar-refractivity contribution in [2.45, 2.75) is 13.0 Å². The van der Waals surface area contributed by atoms with Gasteiger partial charge in [-0.15, -0.1) is 0 Å². The highest BCUT2D eigenvalue weighted by molar-refractivity contribution is 6.30. The van der Waals surface area contributed by atoms with E-state index in [1.807, 2.05) is 30.3 Å². The first-order valence-electron chi connectivity index (χ1n) is 6.50. The Morgan fingerprint density at radius 3 is 2.60 bits per heavy atom. The maximum Gasteiger partial charge on any atom is 0.123 e. The molecule has 0 aliphatic carbocycles. The smallest absolute Gasteiger partial charge is 0.123 e. The van der Waals surface area contributed by atoms with E-state index in [-0.39, 0.29) is 0 Å². The topological polar surface area (TPSA) is 41.5 Å². The van der Waals surface area contributed by atoms with Crippen LogP contribution >= 0.6 is 11.6 Å². The van der Waals surface area contributed by atoms with Crippen LogP contribution in [0.2, 0.25) is 5.02 Å². The Morgan fingerprint density at radius 1 is 1.15 bits per heavy atom. The molecule has 0 aliphatic rings. The van der Waals surface area contributed by atoms with Gasteiger partial charge in [0.2, 0.25) is 0 Å². The van der Waals surface area contributed by atoms with Gasteiger partial charge in [0.05, 0.1) is 7.11 Å². The van der Waals surface area contributed by atoms with E-state index in [4.69, 9.17) is 16.3 Å².